The van der Waals surface area contributed by atoms with Gasteiger partial charge in [-0.05, 0) is 73.1 Å². The van der Waals surface area contributed by atoms with Crippen molar-refractivity contribution >= 4 is 11.6 Å². The van der Waals surface area contributed by atoms with Crippen LogP contribution in [0.1, 0.15) is 36.4 Å². The third kappa shape index (κ3) is 1.61. The second kappa shape index (κ2) is 4.10. The molecule has 0 aromatic heterocycles. The fourth-order valence-corrected chi connectivity index (χ4v) is 5.86. The summed E-state index contributed by atoms with van der Waals surface area (Å²) in [4.78, 5) is 11.5. The molecule has 2 N–H and O–H groups in total. The summed E-state index contributed by atoms with van der Waals surface area (Å²) in [5, 5.41) is 6.51. The molecule has 3 nitrogen and oxygen atoms in total. The number of benzene rings is 1. The van der Waals surface area contributed by atoms with Crippen LogP contribution in [0.25, 0.3) is 0 Å². The van der Waals surface area contributed by atoms with Crippen molar-refractivity contribution in [2.75, 3.05) is 12.4 Å². The number of fused-ring (bicyclic) bond motifs is 6. The van der Waals surface area contributed by atoms with Crippen molar-refractivity contribution in [1.29, 1.82) is 0 Å². The Labute approximate surface area is 125 Å². The van der Waals surface area contributed by atoms with Gasteiger partial charge in [0.2, 0.25) is 5.91 Å². The van der Waals surface area contributed by atoms with Gasteiger partial charge < -0.3 is 10.6 Å². The molecule has 1 aliphatic heterocycles. The van der Waals surface area contributed by atoms with Crippen molar-refractivity contribution in [3.63, 3.8) is 0 Å². The molecule has 110 valence electrons. The molecule has 3 saturated carbocycles. The molecule has 21 heavy (non-hydrogen) atoms. The SMILES string of the molecule is CNC(c1ccc2c(c1)CC(=O)N2)C1C2C3CCC(C3)C21. The van der Waals surface area contributed by atoms with Gasteiger partial charge >= 0.3 is 0 Å². The van der Waals surface area contributed by atoms with Gasteiger partial charge in [-0.15, -0.1) is 0 Å². The minimum absolute atomic E-state index is 0.129. The zero-order valence-corrected chi connectivity index (χ0v) is 12.4. The summed E-state index contributed by atoms with van der Waals surface area (Å²) in [7, 11) is 2.09. The lowest BCUT2D eigenvalue weighted by molar-refractivity contribution is -0.115. The number of hydrogen-bond acceptors (Lipinski definition) is 2. The predicted octanol–water partition coefficient (Wildman–Crippen LogP) is 2.73. The van der Waals surface area contributed by atoms with Crippen LogP contribution in [0.5, 0.6) is 0 Å². The Balaban J connectivity index is 1.44. The molecule has 5 rings (SSSR count). The quantitative estimate of drug-likeness (QED) is 0.895. The van der Waals surface area contributed by atoms with Crippen molar-refractivity contribution in [1.82, 2.24) is 5.32 Å². The van der Waals surface area contributed by atoms with E-state index in [1.807, 2.05) is 0 Å². The van der Waals surface area contributed by atoms with E-state index in [-0.39, 0.29) is 5.91 Å². The van der Waals surface area contributed by atoms with Gasteiger partial charge in [0.25, 0.3) is 0 Å². The van der Waals surface area contributed by atoms with Gasteiger partial charge in [-0.25, -0.2) is 0 Å². The number of hydrogen-bond donors (Lipinski definition) is 2. The van der Waals surface area contributed by atoms with Gasteiger partial charge in [0.1, 0.15) is 0 Å². The first-order chi connectivity index (χ1) is 10.3. The van der Waals surface area contributed by atoms with Crippen LogP contribution in [0.15, 0.2) is 18.2 Å². The molecule has 3 aliphatic carbocycles. The minimum Gasteiger partial charge on any atom is -0.326 e. The van der Waals surface area contributed by atoms with Crippen LogP contribution in [0.2, 0.25) is 0 Å². The normalized spacial score (nSPS) is 39.9. The molecular formula is C18H22N2O. The first kappa shape index (κ1) is 12.2. The minimum atomic E-state index is 0.129. The van der Waals surface area contributed by atoms with Crippen LogP contribution in [0.3, 0.4) is 0 Å². The average molecular weight is 282 g/mol. The summed E-state index contributed by atoms with van der Waals surface area (Å²) in [6.07, 6.45) is 5.00. The van der Waals surface area contributed by atoms with Crippen molar-refractivity contribution in [3.8, 4) is 0 Å². The van der Waals surface area contributed by atoms with E-state index < -0.39 is 0 Å². The van der Waals surface area contributed by atoms with E-state index in [2.05, 4.69) is 35.9 Å². The number of carbonyl (C=O) groups excluding carboxylic acids is 1. The Morgan fingerprint density at radius 1 is 1.24 bits per heavy atom. The third-order valence-corrected chi connectivity index (χ3v) is 6.60. The van der Waals surface area contributed by atoms with Crippen molar-refractivity contribution < 1.29 is 4.79 Å². The maximum absolute atomic E-state index is 11.5. The predicted molar refractivity (Wildman–Crippen MR) is 81.9 cm³/mol. The lowest BCUT2D eigenvalue weighted by Crippen LogP contribution is -2.22. The third-order valence-electron chi connectivity index (χ3n) is 6.60. The molecule has 1 aromatic carbocycles. The summed E-state index contributed by atoms with van der Waals surface area (Å²) >= 11 is 0. The molecule has 4 aliphatic rings. The number of carbonyl (C=O) groups is 1. The summed E-state index contributed by atoms with van der Waals surface area (Å²) in [5.41, 5.74) is 3.56. The smallest absolute Gasteiger partial charge is 0.228 e. The van der Waals surface area contributed by atoms with Crippen molar-refractivity contribution in [2.45, 2.75) is 31.7 Å². The van der Waals surface area contributed by atoms with Crippen LogP contribution in [0.4, 0.5) is 5.69 Å². The molecule has 2 bridgehead atoms. The average Bonchev–Trinajstić information content (AvgIpc) is 2.82. The molecule has 1 aromatic rings. The highest BCUT2D eigenvalue weighted by Crippen LogP contribution is 2.72. The standard InChI is InChI=1S/C18H22N2O/c1-19-18(17-15-9-2-3-10(6-9)16(15)17)11-4-5-13-12(7-11)8-14(21)20-13/h4-5,7,9-10,15-19H,2-3,6,8H2,1H3,(H,20,21). The Morgan fingerprint density at radius 2 is 2.00 bits per heavy atom. The first-order valence-corrected chi connectivity index (χ1v) is 8.36. The van der Waals surface area contributed by atoms with E-state index in [0.29, 0.717) is 12.5 Å². The number of amides is 1. The van der Waals surface area contributed by atoms with E-state index in [1.165, 1.54) is 30.4 Å². The maximum atomic E-state index is 11.5. The van der Waals surface area contributed by atoms with Gasteiger partial charge in [0.15, 0.2) is 0 Å². The van der Waals surface area contributed by atoms with Crippen molar-refractivity contribution in [3.05, 3.63) is 29.3 Å². The van der Waals surface area contributed by atoms with Gasteiger partial charge in [-0.3, -0.25) is 4.79 Å². The number of nitrogens with one attached hydrogen (secondary N) is 2. The largest absolute Gasteiger partial charge is 0.326 e. The molecule has 1 amide bonds. The molecule has 1 heterocycles. The summed E-state index contributed by atoms with van der Waals surface area (Å²) in [5.74, 6) is 4.95. The van der Waals surface area contributed by atoms with Crippen LogP contribution in [-0.4, -0.2) is 13.0 Å². The summed E-state index contributed by atoms with van der Waals surface area (Å²) in [6, 6.07) is 7.03. The molecule has 5 unspecified atom stereocenters. The molecule has 0 saturated heterocycles. The van der Waals surface area contributed by atoms with E-state index in [4.69, 9.17) is 0 Å². The molecule has 3 heteroatoms. The van der Waals surface area contributed by atoms with Gasteiger partial charge in [-0.1, -0.05) is 12.1 Å². The molecule has 5 atom stereocenters. The maximum Gasteiger partial charge on any atom is 0.228 e. The highest BCUT2D eigenvalue weighted by atomic mass is 16.1. The highest BCUT2D eigenvalue weighted by Gasteiger charge is 2.66. The second-order valence-corrected chi connectivity index (χ2v) is 7.47. The first-order valence-electron chi connectivity index (χ1n) is 8.36. The van der Waals surface area contributed by atoms with Crippen LogP contribution < -0.4 is 10.6 Å². The summed E-state index contributed by atoms with van der Waals surface area (Å²) in [6.45, 7) is 0. The van der Waals surface area contributed by atoms with Gasteiger partial charge in [0, 0.05) is 11.7 Å². The molecule has 3 fully saturated rings. The van der Waals surface area contributed by atoms with Gasteiger partial charge in [-0.2, -0.15) is 0 Å². The number of anilines is 1. The molecular weight excluding hydrogens is 260 g/mol. The monoisotopic (exact) mass is 282 g/mol. The zero-order chi connectivity index (χ0) is 14.1. The Bertz CT molecular complexity index is 610. The van der Waals surface area contributed by atoms with E-state index in [1.54, 1.807) is 0 Å². The lowest BCUT2D eigenvalue weighted by Gasteiger charge is -2.21. The lowest BCUT2D eigenvalue weighted by atomic mass is 9.92. The van der Waals surface area contributed by atoms with E-state index in [9.17, 15) is 4.79 Å². The van der Waals surface area contributed by atoms with E-state index >= 15 is 0 Å². The Kier molecular flexibility index (Phi) is 2.38. The van der Waals surface area contributed by atoms with Crippen LogP contribution in [-0.2, 0) is 11.2 Å². The topological polar surface area (TPSA) is 41.1 Å². The Hall–Kier alpha value is -1.35. The zero-order valence-electron chi connectivity index (χ0n) is 12.4. The fourth-order valence-electron chi connectivity index (χ4n) is 5.86. The fraction of sp³-hybridized carbons (Fsp3) is 0.611. The van der Waals surface area contributed by atoms with Crippen molar-refractivity contribution in [2.24, 2.45) is 29.6 Å². The second-order valence-electron chi connectivity index (χ2n) is 7.47. The van der Waals surface area contributed by atoms with Crippen LogP contribution in [0, 0.1) is 29.6 Å². The highest BCUT2D eigenvalue weighted by molar-refractivity contribution is 5.99. The summed E-state index contributed by atoms with van der Waals surface area (Å²) < 4.78 is 0. The molecule has 0 spiro atoms. The number of rotatable bonds is 3. The Morgan fingerprint density at radius 3 is 2.71 bits per heavy atom. The van der Waals surface area contributed by atoms with Gasteiger partial charge in [0.05, 0.1) is 6.42 Å². The molecule has 0 radical (unpaired) electrons. The van der Waals surface area contributed by atoms with E-state index in [0.717, 1.165) is 35.3 Å². The van der Waals surface area contributed by atoms with Crippen LogP contribution >= 0.6 is 0 Å².